The molecule has 0 aliphatic carbocycles. The van der Waals surface area contributed by atoms with E-state index in [0.717, 1.165) is 37.1 Å². The Hall–Kier alpha value is -1.66. The fraction of sp³-hybridized carbons (Fsp3) is 0.429. The Bertz CT molecular complexity index is 458. The van der Waals surface area contributed by atoms with Crippen molar-refractivity contribution in [1.82, 2.24) is 4.90 Å². The second-order valence-electron chi connectivity index (χ2n) is 4.86. The largest absolute Gasteiger partial charge is 0.376 e. The first-order chi connectivity index (χ1) is 9.67. The van der Waals surface area contributed by atoms with Crippen molar-refractivity contribution in [2.45, 2.75) is 25.5 Å². The van der Waals surface area contributed by atoms with Crippen LogP contribution in [0.1, 0.15) is 18.4 Å². The van der Waals surface area contributed by atoms with Crippen LogP contribution >= 0.6 is 12.2 Å². The van der Waals surface area contributed by atoms with E-state index in [1.54, 1.807) is 4.90 Å². The molecular formula is C14H19N3O2S. The summed E-state index contributed by atoms with van der Waals surface area (Å²) in [5.41, 5.74) is 7.31. The molecule has 0 aromatic heterocycles. The average Bonchev–Trinajstić information content (AvgIpc) is 2.92. The van der Waals surface area contributed by atoms with Gasteiger partial charge in [-0.25, -0.2) is 0 Å². The third-order valence-electron chi connectivity index (χ3n) is 3.22. The van der Waals surface area contributed by atoms with Gasteiger partial charge in [0.15, 0.2) is 5.11 Å². The van der Waals surface area contributed by atoms with Gasteiger partial charge in [0.2, 0.25) is 6.41 Å². The Morgan fingerprint density at radius 1 is 1.50 bits per heavy atom. The Balaban J connectivity index is 1.89. The van der Waals surface area contributed by atoms with Crippen molar-refractivity contribution in [3.8, 4) is 0 Å². The van der Waals surface area contributed by atoms with Crippen LogP contribution in [0.5, 0.6) is 0 Å². The third kappa shape index (κ3) is 4.47. The van der Waals surface area contributed by atoms with Gasteiger partial charge < -0.3 is 20.7 Å². The minimum Gasteiger partial charge on any atom is -0.376 e. The number of thiocarbonyl (C=S) groups is 1. The molecule has 1 aromatic rings. The van der Waals surface area contributed by atoms with Gasteiger partial charge in [0, 0.05) is 25.4 Å². The van der Waals surface area contributed by atoms with Crippen LogP contribution < -0.4 is 11.1 Å². The molecule has 6 heteroatoms. The van der Waals surface area contributed by atoms with Crippen LogP contribution in [0.2, 0.25) is 0 Å². The molecule has 1 aromatic carbocycles. The summed E-state index contributed by atoms with van der Waals surface area (Å²) >= 11 is 4.78. The average molecular weight is 293 g/mol. The van der Waals surface area contributed by atoms with E-state index in [1.807, 2.05) is 24.3 Å². The summed E-state index contributed by atoms with van der Waals surface area (Å²) in [4.78, 5) is 12.9. The molecule has 0 spiro atoms. The minimum atomic E-state index is 0.177. The monoisotopic (exact) mass is 293 g/mol. The van der Waals surface area contributed by atoms with Crippen molar-refractivity contribution in [2.75, 3.05) is 18.5 Å². The maximum Gasteiger partial charge on any atom is 0.210 e. The van der Waals surface area contributed by atoms with E-state index in [0.29, 0.717) is 13.1 Å². The van der Waals surface area contributed by atoms with E-state index >= 15 is 0 Å². The summed E-state index contributed by atoms with van der Waals surface area (Å²) < 4.78 is 5.55. The molecule has 0 radical (unpaired) electrons. The highest BCUT2D eigenvalue weighted by Crippen LogP contribution is 2.15. The number of benzene rings is 1. The molecule has 1 saturated heterocycles. The normalized spacial score (nSPS) is 17.7. The van der Waals surface area contributed by atoms with Gasteiger partial charge in [0.05, 0.1) is 6.10 Å². The van der Waals surface area contributed by atoms with Gasteiger partial charge in [-0.05, 0) is 42.8 Å². The third-order valence-corrected chi connectivity index (χ3v) is 3.32. The van der Waals surface area contributed by atoms with Gasteiger partial charge in [-0.1, -0.05) is 12.1 Å². The second-order valence-corrected chi connectivity index (χ2v) is 5.30. The quantitative estimate of drug-likeness (QED) is 0.614. The maximum absolute atomic E-state index is 11.1. The lowest BCUT2D eigenvalue weighted by molar-refractivity contribution is -0.120. The fourth-order valence-electron chi connectivity index (χ4n) is 2.26. The van der Waals surface area contributed by atoms with E-state index in [2.05, 4.69) is 5.32 Å². The predicted molar refractivity (Wildman–Crippen MR) is 82.3 cm³/mol. The van der Waals surface area contributed by atoms with Gasteiger partial charge in [-0.2, -0.15) is 0 Å². The van der Waals surface area contributed by atoms with Gasteiger partial charge in [-0.15, -0.1) is 0 Å². The highest BCUT2D eigenvalue weighted by Gasteiger charge is 2.18. The first kappa shape index (κ1) is 14.7. The topological polar surface area (TPSA) is 67.6 Å². The number of nitrogens with one attached hydrogen (secondary N) is 1. The Morgan fingerprint density at radius 2 is 2.25 bits per heavy atom. The standard InChI is InChI=1S/C14H19N3O2S/c15-14(20)16-12-5-3-11(4-6-12)8-17(10-18)9-13-2-1-7-19-13/h3-6,10,13H,1-2,7-9H2,(H3,15,16,20). The highest BCUT2D eigenvalue weighted by molar-refractivity contribution is 7.80. The number of amides is 1. The van der Waals surface area contributed by atoms with Crippen molar-refractivity contribution in [3.05, 3.63) is 29.8 Å². The van der Waals surface area contributed by atoms with Gasteiger partial charge in [-0.3, -0.25) is 4.79 Å². The summed E-state index contributed by atoms with van der Waals surface area (Å²) in [6.45, 7) is 2.03. The Morgan fingerprint density at radius 3 is 2.80 bits per heavy atom. The van der Waals surface area contributed by atoms with Crippen molar-refractivity contribution >= 4 is 29.4 Å². The predicted octanol–water partition coefficient (Wildman–Crippen LogP) is 1.48. The molecule has 1 atom stereocenters. The fourth-order valence-corrected chi connectivity index (χ4v) is 2.38. The number of carbonyl (C=O) groups is 1. The number of anilines is 1. The SMILES string of the molecule is NC(=S)Nc1ccc(CN(C=O)CC2CCCO2)cc1. The molecule has 3 N–H and O–H groups in total. The smallest absolute Gasteiger partial charge is 0.210 e. The van der Waals surface area contributed by atoms with Crippen molar-refractivity contribution in [2.24, 2.45) is 5.73 Å². The molecule has 1 aliphatic rings. The van der Waals surface area contributed by atoms with E-state index in [4.69, 9.17) is 22.7 Å². The lowest BCUT2D eigenvalue weighted by atomic mass is 10.2. The van der Waals surface area contributed by atoms with Gasteiger partial charge in [0.1, 0.15) is 0 Å². The number of hydrogen-bond acceptors (Lipinski definition) is 3. The van der Waals surface area contributed by atoms with Gasteiger partial charge >= 0.3 is 0 Å². The van der Waals surface area contributed by atoms with Crippen LogP contribution in [0.25, 0.3) is 0 Å². The number of ether oxygens (including phenoxy) is 1. The van der Waals surface area contributed by atoms with E-state index in [-0.39, 0.29) is 11.2 Å². The first-order valence-corrected chi connectivity index (χ1v) is 7.04. The summed E-state index contributed by atoms with van der Waals surface area (Å²) in [6.07, 6.45) is 3.16. The van der Waals surface area contributed by atoms with Crippen molar-refractivity contribution < 1.29 is 9.53 Å². The summed E-state index contributed by atoms with van der Waals surface area (Å²) in [5.74, 6) is 0. The van der Waals surface area contributed by atoms with E-state index in [1.165, 1.54) is 0 Å². The van der Waals surface area contributed by atoms with E-state index < -0.39 is 0 Å². The Kier molecular flexibility index (Phi) is 5.31. The molecule has 1 heterocycles. The number of hydrogen-bond donors (Lipinski definition) is 2. The first-order valence-electron chi connectivity index (χ1n) is 6.63. The molecule has 5 nitrogen and oxygen atoms in total. The van der Waals surface area contributed by atoms with Crippen LogP contribution in [0.15, 0.2) is 24.3 Å². The lowest BCUT2D eigenvalue weighted by Crippen LogP contribution is -2.30. The lowest BCUT2D eigenvalue weighted by Gasteiger charge is -2.21. The zero-order valence-electron chi connectivity index (χ0n) is 11.2. The molecule has 1 aliphatic heterocycles. The molecule has 0 bridgehead atoms. The minimum absolute atomic E-state index is 0.177. The van der Waals surface area contributed by atoms with Crippen LogP contribution in [0.3, 0.4) is 0 Å². The van der Waals surface area contributed by atoms with E-state index in [9.17, 15) is 4.79 Å². The Labute approximate surface area is 124 Å². The summed E-state index contributed by atoms with van der Waals surface area (Å²) in [7, 11) is 0. The molecular weight excluding hydrogens is 274 g/mol. The zero-order valence-corrected chi connectivity index (χ0v) is 12.1. The second kappa shape index (κ2) is 7.21. The molecule has 1 unspecified atom stereocenters. The van der Waals surface area contributed by atoms with Gasteiger partial charge in [0.25, 0.3) is 0 Å². The number of nitrogens with two attached hydrogens (primary N) is 1. The molecule has 1 amide bonds. The van der Waals surface area contributed by atoms with Crippen LogP contribution in [0, 0.1) is 0 Å². The van der Waals surface area contributed by atoms with Crippen LogP contribution in [-0.4, -0.2) is 35.7 Å². The molecule has 1 fully saturated rings. The van der Waals surface area contributed by atoms with Crippen LogP contribution in [0.4, 0.5) is 5.69 Å². The molecule has 108 valence electrons. The molecule has 20 heavy (non-hydrogen) atoms. The summed E-state index contributed by atoms with van der Waals surface area (Å²) in [5, 5.41) is 3.11. The molecule has 0 saturated carbocycles. The van der Waals surface area contributed by atoms with Crippen molar-refractivity contribution in [3.63, 3.8) is 0 Å². The number of rotatable bonds is 6. The molecule has 2 rings (SSSR count). The zero-order chi connectivity index (χ0) is 14.4. The maximum atomic E-state index is 11.1. The summed E-state index contributed by atoms with van der Waals surface area (Å²) in [6, 6.07) is 7.69. The van der Waals surface area contributed by atoms with Crippen molar-refractivity contribution in [1.29, 1.82) is 0 Å². The number of nitrogens with zero attached hydrogens (tertiary/aromatic N) is 1. The van der Waals surface area contributed by atoms with Crippen LogP contribution in [-0.2, 0) is 16.1 Å². The highest BCUT2D eigenvalue weighted by atomic mass is 32.1. The number of carbonyl (C=O) groups excluding carboxylic acids is 1.